The van der Waals surface area contributed by atoms with E-state index in [0.717, 1.165) is 18.8 Å². The minimum atomic E-state index is 0.199. The Hall–Kier alpha value is -1.51. The van der Waals surface area contributed by atoms with Crippen LogP contribution in [0.4, 0.5) is 5.69 Å². The van der Waals surface area contributed by atoms with E-state index in [0.29, 0.717) is 18.4 Å². The summed E-state index contributed by atoms with van der Waals surface area (Å²) in [5, 5.41) is 3.16. The number of nitrogens with zero attached hydrogens (tertiary/aromatic N) is 1. The van der Waals surface area contributed by atoms with Crippen molar-refractivity contribution in [3.63, 3.8) is 0 Å². The minimum absolute atomic E-state index is 0.199. The van der Waals surface area contributed by atoms with Gasteiger partial charge in [-0.2, -0.15) is 0 Å². The van der Waals surface area contributed by atoms with Crippen molar-refractivity contribution < 1.29 is 4.79 Å². The average molecular weight is 232 g/mol. The van der Waals surface area contributed by atoms with Crippen LogP contribution in [0.15, 0.2) is 30.3 Å². The third-order valence-corrected chi connectivity index (χ3v) is 3.56. The Morgan fingerprint density at radius 3 is 2.41 bits per heavy atom. The van der Waals surface area contributed by atoms with Crippen LogP contribution in [0.5, 0.6) is 0 Å². The summed E-state index contributed by atoms with van der Waals surface area (Å²) in [7, 11) is 0. The number of carbonyl (C=O) groups is 1. The van der Waals surface area contributed by atoms with Crippen molar-refractivity contribution in [2.45, 2.75) is 13.8 Å². The molecule has 0 radical (unpaired) electrons. The Bertz CT molecular complexity index is 367. The van der Waals surface area contributed by atoms with Crippen molar-refractivity contribution in [2.75, 3.05) is 25.0 Å². The van der Waals surface area contributed by atoms with Crippen molar-refractivity contribution in [1.82, 2.24) is 4.90 Å². The average Bonchev–Trinajstić information content (AvgIpc) is 2.68. The van der Waals surface area contributed by atoms with E-state index in [1.807, 2.05) is 35.2 Å². The molecule has 2 atom stereocenters. The molecule has 3 nitrogen and oxygen atoms in total. The summed E-state index contributed by atoms with van der Waals surface area (Å²) >= 11 is 0. The predicted octanol–water partition coefficient (Wildman–Crippen LogP) is 2.21. The van der Waals surface area contributed by atoms with Crippen LogP contribution in [0.1, 0.15) is 13.8 Å². The maximum atomic E-state index is 12.0. The first-order chi connectivity index (χ1) is 8.16. The summed E-state index contributed by atoms with van der Waals surface area (Å²) < 4.78 is 0. The van der Waals surface area contributed by atoms with Crippen LogP contribution in [0.3, 0.4) is 0 Å². The van der Waals surface area contributed by atoms with E-state index >= 15 is 0 Å². The van der Waals surface area contributed by atoms with E-state index in [1.165, 1.54) is 0 Å². The van der Waals surface area contributed by atoms with Crippen LogP contribution in [-0.4, -0.2) is 30.4 Å². The molecule has 0 aliphatic carbocycles. The molecule has 2 unspecified atom stereocenters. The molecule has 1 aliphatic rings. The van der Waals surface area contributed by atoms with Gasteiger partial charge in [0, 0.05) is 18.8 Å². The number of nitrogens with one attached hydrogen (secondary N) is 1. The Labute approximate surface area is 103 Å². The van der Waals surface area contributed by atoms with Gasteiger partial charge in [-0.25, -0.2) is 0 Å². The number of carbonyl (C=O) groups excluding carboxylic acids is 1. The quantitative estimate of drug-likeness (QED) is 0.866. The topological polar surface area (TPSA) is 32.3 Å². The fraction of sp³-hybridized carbons (Fsp3) is 0.500. The van der Waals surface area contributed by atoms with Gasteiger partial charge in [-0.05, 0) is 24.0 Å². The molecule has 1 aliphatic heterocycles. The number of anilines is 1. The third-order valence-electron chi connectivity index (χ3n) is 3.56. The number of rotatable bonds is 3. The molecule has 92 valence electrons. The largest absolute Gasteiger partial charge is 0.376 e. The van der Waals surface area contributed by atoms with E-state index in [2.05, 4.69) is 19.2 Å². The van der Waals surface area contributed by atoms with Gasteiger partial charge < -0.3 is 10.2 Å². The maximum Gasteiger partial charge on any atom is 0.241 e. The molecule has 1 saturated heterocycles. The van der Waals surface area contributed by atoms with Gasteiger partial charge in [0.25, 0.3) is 0 Å². The fourth-order valence-corrected chi connectivity index (χ4v) is 2.18. The van der Waals surface area contributed by atoms with Crippen molar-refractivity contribution >= 4 is 11.6 Å². The van der Waals surface area contributed by atoms with E-state index < -0.39 is 0 Å². The van der Waals surface area contributed by atoms with Crippen molar-refractivity contribution in [2.24, 2.45) is 11.8 Å². The smallest absolute Gasteiger partial charge is 0.241 e. The van der Waals surface area contributed by atoms with Gasteiger partial charge in [0.15, 0.2) is 0 Å². The lowest BCUT2D eigenvalue weighted by molar-refractivity contribution is -0.128. The molecular weight excluding hydrogens is 212 g/mol. The monoisotopic (exact) mass is 232 g/mol. The number of benzene rings is 1. The van der Waals surface area contributed by atoms with Crippen molar-refractivity contribution in [3.05, 3.63) is 30.3 Å². The Morgan fingerprint density at radius 1 is 1.24 bits per heavy atom. The molecule has 1 N–H and O–H groups in total. The second-order valence-corrected chi connectivity index (χ2v) is 4.97. The molecule has 0 aromatic heterocycles. The highest BCUT2D eigenvalue weighted by atomic mass is 16.2. The summed E-state index contributed by atoms with van der Waals surface area (Å²) in [5.74, 6) is 1.44. The van der Waals surface area contributed by atoms with E-state index in [4.69, 9.17) is 0 Å². The minimum Gasteiger partial charge on any atom is -0.376 e. The van der Waals surface area contributed by atoms with E-state index in [9.17, 15) is 4.79 Å². The van der Waals surface area contributed by atoms with Crippen LogP contribution < -0.4 is 5.32 Å². The lowest BCUT2D eigenvalue weighted by Gasteiger charge is -2.16. The third kappa shape index (κ3) is 2.99. The highest BCUT2D eigenvalue weighted by molar-refractivity contribution is 5.81. The number of likely N-dealkylation sites (tertiary alicyclic amines) is 1. The molecule has 3 heteroatoms. The first-order valence-corrected chi connectivity index (χ1v) is 6.23. The summed E-state index contributed by atoms with van der Waals surface area (Å²) in [6, 6.07) is 9.85. The lowest BCUT2D eigenvalue weighted by atomic mass is 10.0. The summed E-state index contributed by atoms with van der Waals surface area (Å²) in [6.45, 7) is 6.61. The molecule has 1 aromatic carbocycles. The van der Waals surface area contributed by atoms with Gasteiger partial charge in [-0.15, -0.1) is 0 Å². The van der Waals surface area contributed by atoms with Crippen LogP contribution >= 0.6 is 0 Å². The molecule has 0 saturated carbocycles. The fourth-order valence-electron chi connectivity index (χ4n) is 2.18. The molecule has 0 bridgehead atoms. The molecule has 1 aromatic rings. The highest BCUT2D eigenvalue weighted by Crippen LogP contribution is 2.21. The highest BCUT2D eigenvalue weighted by Gasteiger charge is 2.28. The van der Waals surface area contributed by atoms with Crippen LogP contribution in [0, 0.1) is 11.8 Å². The van der Waals surface area contributed by atoms with Gasteiger partial charge in [-0.3, -0.25) is 4.79 Å². The van der Waals surface area contributed by atoms with Crippen molar-refractivity contribution in [3.8, 4) is 0 Å². The standard InChI is InChI=1S/C14H20N2O/c1-11-9-16(10-12(11)2)14(17)8-15-13-6-4-3-5-7-13/h3-7,11-12,15H,8-10H2,1-2H3. The number of hydrogen-bond acceptors (Lipinski definition) is 2. The Kier molecular flexibility index (Phi) is 3.67. The Balaban J connectivity index is 1.82. The maximum absolute atomic E-state index is 12.0. The molecule has 0 spiro atoms. The Morgan fingerprint density at radius 2 is 1.82 bits per heavy atom. The summed E-state index contributed by atoms with van der Waals surface area (Å²) in [6.07, 6.45) is 0. The zero-order valence-corrected chi connectivity index (χ0v) is 10.5. The van der Waals surface area contributed by atoms with Gasteiger partial charge in [0.1, 0.15) is 0 Å². The zero-order valence-electron chi connectivity index (χ0n) is 10.5. The molecule has 17 heavy (non-hydrogen) atoms. The zero-order chi connectivity index (χ0) is 12.3. The lowest BCUT2D eigenvalue weighted by Crippen LogP contribution is -2.33. The normalized spacial score (nSPS) is 23.8. The summed E-state index contributed by atoms with van der Waals surface area (Å²) in [4.78, 5) is 13.9. The molecule has 1 fully saturated rings. The number of amides is 1. The van der Waals surface area contributed by atoms with Gasteiger partial charge in [0.2, 0.25) is 5.91 Å². The van der Waals surface area contributed by atoms with Gasteiger partial charge in [-0.1, -0.05) is 32.0 Å². The van der Waals surface area contributed by atoms with E-state index in [1.54, 1.807) is 0 Å². The number of hydrogen-bond donors (Lipinski definition) is 1. The van der Waals surface area contributed by atoms with Crippen molar-refractivity contribution in [1.29, 1.82) is 0 Å². The molecule has 2 rings (SSSR count). The van der Waals surface area contributed by atoms with Gasteiger partial charge >= 0.3 is 0 Å². The predicted molar refractivity (Wildman–Crippen MR) is 69.8 cm³/mol. The first-order valence-electron chi connectivity index (χ1n) is 6.23. The number of para-hydroxylation sites is 1. The van der Waals surface area contributed by atoms with E-state index in [-0.39, 0.29) is 5.91 Å². The molecule has 1 heterocycles. The second kappa shape index (κ2) is 5.21. The second-order valence-electron chi connectivity index (χ2n) is 4.97. The molecular formula is C14H20N2O. The first kappa shape index (κ1) is 12.0. The summed E-state index contributed by atoms with van der Waals surface area (Å²) in [5.41, 5.74) is 1.00. The SMILES string of the molecule is CC1CN(C(=O)CNc2ccccc2)CC1C. The molecule has 1 amide bonds. The van der Waals surface area contributed by atoms with Gasteiger partial charge in [0.05, 0.1) is 6.54 Å². The van der Waals surface area contributed by atoms with Crippen LogP contribution in [0.2, 0.25) is 0 Å². The van der Waals surface area contributed by atoms with Crippen LogP contribution in [-0.2, 0) is 4.79 Å². The van der Waals surface area contributed by atoms with Crippen LogP contribution in [0.25, 0.3) is 0 Å².